The Morgan fingerprint density at radius 3 is 2.31 bits per heavy atom. The molecule has 2 aromatic carbocycles. The van der Waals surface area contributed by atoms with Crippen LogP contribution in [0.25, 0.3) is 5.69 Å². The Labute approximate surface area is 205 Å². The molecule has 1 aromatic heterocycles. The van der Waals surface area contributed by atoms with Gasteiger partial charge in [-0.25, -0.2) is 9.48 Å². The fourth-order valence-corrected chi connectivity index (χ4v) is 3.84. The van der Waals surface area contributed by atoms with Gasteiger partial charge in [0.05, 0.1) is 30.1 Å². The molecule has 0 saturated heterocycles. The van der Waals surface area contributed by atoms with Crippen molar-refractivity contribution in [2.75, 3.05) is 20.8 Å². The highest BCUT2D eigenvalue weighted by molar-refractivity contribution is 5.91. The van der Waals surface area contributed by atoms with E-state index in [9.17, 15) is 14.4 Å². The highest BCUT2D eigenvalue weighted by Crippen LogP contribution is 2.21. The van der Waals surface area contributed by atoms with Gasteiger partial charge in [0.15, 0.2) is 6.61 Å². The zero-order valence-corrected chi connectivity index (χ0v) is 20.8. The summed E-state index contributed by atoms with van der Waals surface area (Å²) in [4.78, 5) is 38.1. The van der Waals surface area contributed by atoms with Crippen LogP contribution in [-0.4, -0.2) is 53.3 Å². The molecule has 0 saturated carbocycles. The molecule has 1 atom stereocenters. The molecule has 0 spiro atoms. The molecule has 1 heterocycles. The average Bonchev–Trinajstić information content (AvgIpc) is 3.17. The van der Waals surface area contributed by atoms with Gasteiger partial charge in [-0.1, -0.05) is 30.3 Å². The third-order valence-electron chi connectivity index (χ3n) is 6.18. The third-order valence-corrected chi connectivity index (χ3v) is 6.18. The van der Waals surface area contributed by atoms with E-state index in [0.717, 1.165) is 28.2 Å². The molecule has 0 aliphatic carbocycles. The maximum absolute atomic E-state index is 12.5. The minimum Gasteiger partial charge on any atom is -0.469 e. The molecular weight excluding hydrogens is 446 g/mol. The molecule has 8 heteroatoms. The van der Waals surface area contributed by atoms with Gasteiger partial charge in [0, 0.05) is 19.2 Å². The van der Waals surface area contributed by atoms with Crippen LogP contribution in [0.5, 0.6) is 0 Å². The largest absolute Gasteiger partial charge is 0.469 e. The molecule has 3 aromatic rings. The lowest BCUT2D eigenvalue weighted by Gasteiger charge is -2.25. The number of likely N-dealkylation sites (N-methyl/N-ethyl adjacent to an activating group) is 1. The van der Waals surface area contributed by atoms with Gasteiger partial charge in [-0.3, -0.25) is 9.59 Å². The van der Waals surface area contributed by atoms with Crippen LogP contribution in [0.3, 0.4) is 0 Å². The van der Waals surface area contributed by atoms with Crippen molar-refractivity contribution in [1.82, 2.24) is 14.7 Å². The molecule has 35 heavy (non-hydrogen) atoms. The van der Waals surface area contributed by atoms with E-state index in [0.29, 0.717) is 12.0 Å². The summed E-state index contributed by atoms with van der Waals surface area (Å²) in [5.74, 6) is -1.12. The molecule has 1 amide bonds. The predicted octanol–water partition coefficient (Wildman–Crippen LogP) is 3.97. The van der Waals surface area contributed by atoms with Crippen molar-refractivity contribution in [3.05, 3.63) is 82.7 Å². The molecule has 0 fully saturated rings. The zero-order valence-electron chi connectivity index (χ0n) is 20.8. The Balaban J connectivity index is 1.61. The van der Waals surface area contributed by atoms with Gasteiger partial charge in [-0.15, -0.1) is 0 Å². The standard InChI is InChI=1S/C27H31N3O5/c1-18-24(15-16-26(32)34-5)20(3)30(28-18)23-13-11-22(12-14-23)27(33)35-17-25(31)29(4)19(2)21-9-7-6-8-10-21/h6-14,19H,15-17H2,1-5H3. The van der Waals surface area contributed by atoms with Crippen LogP contribution in [0.15, 0.2) is 54.6 Å². The lowest BCUT2D eigenvalue weighted by molar-refractivity contribution is -0.140. The molecule has 0 bridgehead atoms. The van der Waals surface area contributed by atoms with Crippen LogP contribution >= 0.6 is 0 Å². The normalized spacial score (nSPS) is 11.6. The number of esters is 2. The smallest absolute Gasteiger partial charge is 0.338 e. The average molecular weight is 478 g/mol. The number of aryl methyl sites for hydroxylation is 1. The van der Waals surface area contributed by atoms with Crippen molar-refractivity contribution >= 4 is 17.8 Å². The second-order valence-corrected chi connectivity index (χ2v) is 8.35. The molecule has 0 radical (unpaired) electrons. The van der Waals surface area contributed by atoms with Gasteiger partial charge in [0.1, 0.15) is 0 Å². The van der Waals surface area contributed by atoms with E-state index in [1.807, 2.05) is 51.1 Å². The summed E-state index contributed by atoms with van der Waals surface area (Å²) in [6.45, 7) is 5.42. The van der Waals surface area contributed by atoms with Crippen LogP contribution in [0, 0.1) is 13.8 Å². The van der Waals surface area contributed by atoms with Crippen molar-refractivity contribution in [3.63, 3.8) is 0 Å². The van der Waals surface area contributed by atoms with Gasteiger partial charge in [-0.2, -0.15) is 5.10 Å². The van der Waals surface area contributed by atoms with E-state index in [4.69, 9.17) is 9.47 Å². The lowest BCUT2D eigenvalue weighted by Crippen LogP contribution is -2.33. The summed E-state index contributed by atoms with van der Waals surface area (Å²) in [6, 6.07) is 16.3. The first-order chi connectivity index (χ1) is 16.7. The van der Waals surface area contributed by atoms with Crippen molar-refractivity contribution in [1.29, 1.82) is 0 Å². The van der Waals surface area contributed by atoms with E-state index in [1.165, 1.54) is 7.11 Å². The Bertz CT molecular complexity index is 1190. The Kier molecular flexibility index (Phi) is 8.41. The minimum atomic E-state index is -0.571. The number of carbonyl (C=O) groups is 3. The summed E-state index contributed by atoms with van der Waals surface area (Å²) >= 11 is 0. The van der Waals surface area contributed by atoms with Gasteiger partial charge in [0.2, 0.25) is 0 Å². The summed E-state index contributed by atoms with van der Waals surface area (Å²) in [7, 11) is 3.06. The minimum absolute atomic E-state index is 0.139. The Hall–Kier alpha value is -3.94. The summed E-state index contributed by atoms with van der Waals surface area (Å²) in [6.07, 6.45) is 0.826. The van der Waals surface area contributed by atoms with Crippen LogP contribution < -0.4 is 0 Å². The van der Waals surface area contributed by atoms with E-state index >= 15 is 0 Å². The fraction of sp³-hybridized carbons (Fsp3) is 0.333. The number of benzene rings is 2. The first kappa shape index (κ1) is 25.7. The van der Waals surface area contributed by atoms with Crippen molar-refractivity contribution in [2.45, 2.75) is 39.7 Å². The lowest BCUT2D eigenvalue weighted by atomic mass is 10.1. The van der Waals surface area contributed by atoms with Crippen molar-refractivity contribution in [3.8, 4) is 5.69 Å². The summed E-state index contributed by atoms with van der Waals surface area (Å²) in [5, 5.41) is 4.58. The SMILES string of the molecule is COC(=O)CCc1c(C)nn(-c2ccc(C(=O)OCC(=O)N(C)C(C)c3ccccc3)cc2)c1C. The van der Waals surface area contributed by atoms with Gasteiger partial charge in [0.25, 0.3) is 5.91 Å². The summed E-state index contributed by atoms with van der Waals surface area (Å²) in [5.41, 5.74) is 4.87. The van der Waals surface area contributed by atoms with Crippen LogP contribution in [0.1, 0.15) is 52.3 Å². The second kappa shape index (κ2) is 11.5. The number of rotatable bonds is 9. The van der Waals surface area contributed by atoms with Crippen LogP contribution in [0.2, 0.25) is 0 Å². The molecule has 3 rings (SSSR count). The van der Waals surface area contributed by atoms with E-state index in [-0.39, 0.29) is 30.9 Å². The van der Waals surface area contributed by atoms with E-state index in [1.54, 1.807) is 40.9 Å². The molecule has 0 aliphatic rings. The summed E-state index contributed by atoms with van der Waals surface area (Å²) < 4.78 is 11.8. The van der Waals surface area contributed by atoms with Crippen LogP contribution in [-0.2, 0) is 25.5 Å². The van der Waals surface area contributed by atoms with Gasteiger partial charge < -0.3 is 14.4 Å². The number of carbonyl (C=O) groups excluding carboxylic acids is 3. The molecule has 0 aliphatic heterocycles. The Morgan fingerprint density at radius 2 is 1.69 bits per heavy atom. The molecule has 8 nitrogen and oxygen atoms in total. The maximum atomic E-state index is 12.5. The first-order valence-electron chi connectivity index (χ1n) is 11.4. The molecule has 184 valence electrons. The number of amides is 1. The number of aromatic nitrogens is 2. The molecular formula is C27H31N3O5. The quantitative estimate of drug-likeness (QED) is 0.433. The van der Waals surface area contributed by atoms with Crippen molar-refractivity contribution in [2.24, 2.45) is 0 Å². The number of ether oxygens (including phenoxy) is 2. The van der Waals surface area contributed by atoms with Crippen LogP contribution in [0.4, 0.5) is 0 Å². The maximum Gasteiger partial charge on any atom is 0.338 e. The van der Waals surface area contributed by atoms with Crippen molar-refractivity contribution < 1.29 is 23.9 Å². The third kappa shape index (κ3) is 6.15. The number of hydrogen-bond acceptors (Lipinski definition) is 6. The number of methoxy groups -OCH3 is 1. The highest BCUT2D eigenvalue weighted by atomic mass is 16.5. The van der Waals surface area contributed by atoms with Gasteiger partial charge in [-0.05, 0) is 62.6 Å². The predicted molar refractivity (Wildman–Crippen MR) is 131 cm³/mol. The highest BCUT2D eigenvalue weighted by Gasteiger charge is 2.20. The van der Waals surface area contributed by atoms with E-state index in [2.05, 4.69) is 5.10 Å². The monoisotopic (exact) mass is 477 g/mol. The Morgan fingerprint density at radius 1 is 1.03 bits per heavy atom. The fourth-order valence-electron chi connectivity index (χ4n) is 3.84. The number of hydrogen-bond donors (Lipinski definition) is 0. The van der Waals surface area contributed by atoms with E-state index < -0.39 is 5.97 Å². The topological polar surface area (TPSA) is 90.7 Å². The van der Waals surface area contributed by atoms with Gasteiger partial charge >= 0.3 is 11.9 Å². The first-order valence-corrected chi connectivity index (χ1v) is 11.4. The number of nitrogens with zero attached hydrogens (tertiary/aromatic N) is 3. The molecule has 1 unspecified atom stereocenters. The second-order valence-electron chi connectivity index (χ2n) is 8.35. The zero-order chi connectivity index (χ0) is 25.5. The molecule has 0 N–H and O–H groups in total.